The van der Waals surface area contributed by atoms with Crippen LogP contribution in [0, 0.1) is 6.92 Å². The molecule has 0 aromatic heterocycles. The molecule has 1 N–H and O–H groups in total. The van der Waals surface area contributed by atoms with E-state index in [1.165, 1.54) is 0 Å². The summed E-state index contributed by atoms with van der Waals surface area (Å²) in [5.41, 5.74) is 2.61. The summed E-state index contributed by atoms with van der Waals surface area (Å²) >= 11 is 0. The Morgan fingerprint density at radius 3 is 2.33 bits per heavy atom. The SMILES string of the molecule is Cc1ccccc1CS(=O)(=O)N[C@@H](Cc1ccccc1)C(=O)N1CCCC1. The molecular weight excluding hydrogens is 360 g/mol. The lowest BCUT2D eigenvalue weighted by Gasteiger charge is -2.24. The van der Waals surface area contributed by atoms with Gasteiger partial charge in [-0.15, -0.1) is 0 Å². The zero-order valence-electron chi connectivity index (χ0n) is 15.6. The number of hydrogen-bond acceptors (Lipinski definition) is 3. The minimum absolute atomic E-state index is 0.127. The van der Waals surface area contributed by atoms with E-state index in [1.807, 2.05) is 61.5 Å². The van der Waals surface area contributed by atoms with Crippen molar-refractivity contribution < 1.29 is 13.2 Å². The molecule has 1 saturated heterocycles. The predicted octanol–water partition coefficient (Wildman–Crippen LogP) is 2.65. The molecule has 5 nitrogen and oxygen atoms in total. The molecule has 1 aliphatic rings. The standard InChI is InChI=1S/C21H26N2O3S/c1-17-9-5-6-12-19(17)16-27(25,26)22-20(15-18-10-3-2-4-11-18)21(24)23-13-7-8-14-23/h2-6,9-12,20,22H,7-8,13-16H2,1H3/t20-/m0/s1. The molecule has 0 bridgehead atoms. The Bertz CT molecular complexity index is 875. The van der Waals surface area contributed by atoms with Crippen LogP contribution in [0.3, 0.4) is 0 Å². The fraction of sp³-hybridized carbons (Fsp3) is 0.381. The van der Waals surface area contributed by atoms with E-state index < -0.39 is 16.1 Å². The number of likely N-dealkylation sites (tertiary alicyclic amines) is 1. The molecule has 0 aliphatic carbocycles. The zero-order valence-corrected chi connectivity index (χ0v) is 16.4. The van der Waals surface area contributed by atoms with Crippen LogP contribution in [0.1, 0.15) is 29.5 Å². The van der Waals surface area contributed by atoms with Gasteiger partial charge < -0.3 is 4.90 Å². The highest BCUT2D eigenvalue weighted by Gasteiger charge is 2.30. The molecule has 1 atom stereocenters. The van der Waals surface area contributed by atoms with Crippen LogP contribution in [0.25, 0.3) is 0 Å². The zero-order chi connectivity index (χ0) is 19.3. The highest BCUT2D eigenvalue weighted by Crippen LogP contribution is 2.15. The number of aryl methyl sites for hydroxylation is 1. The molecule has 27 heavy (non-hydrogen) atoms. The van der Waals surface area contributed by atoms with E-state index in [9.17, 15) is 13.2 Å². The van der Waals surface area contributed by atoms with Gasteiger partial charge in [-0.3, -0.25) is 4.79 Å². The fourth-order valence-electron chi connectivity index (χ4n) is 3.42. The molecule has 1 amide bonds. The first-order chi connectivity index (χ1) is 12.9. The molecule has 2 aromatic carbocycles. The number of nitrogens with one attached hydrogen (secondary N) is 1. The van der Waals surface area contributed by atoms with Gasteiger partial charge in [-0.2, -0.15) is 0 Å². The van der Waals surface area contributed by atoms with Crippen molar-refractivity contribution in [1.29, 1.82) is 0 Å². The Morgan fingerprint density at radius 1 is 1.04 bits per heavy atom. The van der Waals surface area contributed by atoms with E-state index >= 15 is 0 Å². The van der Waals surface area contributed by atoms with E-state index in [-0.39, 0.29) is 11.7 Å². The number of amides is 1. The van der Waals surface area contributed by atoms with Crippen LogP contribution in [0.15, 0.2) is 54.6 Å². The summed E-state index contributed by atoms with van der Waals surface area (Å²) in [6.45, 7) is 3.29. The van der Waals surface area contributed by atoms with Gasteiger partial charge in [-0.05, 0) is 42.9 Å². The van der Waals surface area contributed by atoms with E-state index in [2.05, 4.69) is 4.72 Å². The number of carbonyl (C=O) groups excluding carboxylic acids is 1. The highest BCUT2D eigenvalue weighted by atomic mass is 32.2. The molecule has 1 fully saturated rings. The molecule has 1 aliphatic heterocycles. The first-order valence-corrected chi connectivity index (χ1v) is 11.0. The van der Waals surface area contributed by atoms with Crippen molar-refractivity contribution in [1.82, 2.24) is 9.62 Å². The van der Waals surface area contributed by atoms with Gasteiger partial charge >= 0.3 is 0 Å². The van der Waals surface area contributed by atoms with Crippen molar-refractivity contribution in [2.75, 3.05) is 13.1 Å². The molecule has 0 radical (unpaired) electrons. The van der Waals surface area contributed by atoms with Crippen molar-refractivity contribution >= 4 is 15.9 Å². The summed E-state index contributed by atoms with van der Waals surface area (Å²) < 4.78 is 28.3. The van der Waals surface area contributed by atoms with Crippen LogP contribution in [0.4, 0.5) is 0 Å². The monoisotopic (exact) mass is 386 g/mol. The van der Waals surface area contributed by atoms with Crippen LogP contribution < -0.4 is 4.72 Å². The summed E-state index contributed by atoms with van der Waals surface area (Å²) in [6.07, 6.45) is 2.29. The minimum Gasteiger partial charge on any atom is -0.341 e. The summed E-state index contributed by atoms with van der Waals surface area (Å²) in [5, 5.41) is 0. The second kappa shape index (κ2) is 8.67. The quantitative estimate of drug-likeness (QED) is 0.796. The van der Waals surface area contributed by atoms with Crippen LogP contribution in [-0.2, 0) is 27.0 Å². The number of rotatable bonds is 7. The predicted molar refractivity (Wildman–Crippen MR) is 107 cm³/mol. The summed E-state index contributed by atoms with van der Waals surface area (Å²) in [6, 6.07) is 16.2. The third-order valence-corrected chi connectivity index (χ3v) is 6.26. The molecule has 6 heteroatoms. The Balaban J connectivity index is 1.79. The minimum atomic E-state index is -3.65. The second-order valence-electron chi connectivity index (χ2n) is 7.08. The molecule has 2 aromatic rings. The molecule has 0 saturated carbocycles. The number of hydrogen-bond donors (Lipinski definition) is 1. The summed E-state index contributed by atoms with van der Waals surface area (Å²) in [5.74, 6) is -0.261. The van der Waals surface area contributed by atoms with E-state index in [4.69, 9.17) is 0 Å². The maximum Gasteiger partial charge on any atom is 0.241 e. The van der Waals surface area contributed by atoms with E-state index in [0.717, 1.165) is 29.5 Å². The third-order valence-electron chi connectivity index (χ3n) is 4.93. The number of sulfonamides is 1. The lowest BCUT2D eigenvalue weighted by atomic mass is 10.1. The lowest BCUT2D eigenvalue weighted by molar-refractivity contribution is -0.131. The second-order valence-corrected chi connectivity index (χ2v) is 8.83. The average Bonchev–Trinajstić information content (AvgIpc) is 3.18. The topological polar surface area (TPSA) is 66.5 Å². The van der Waals surface area contributed by atoms with E-state index in [0.29, 0.717) is 19.5 Å². The van der Waals surface area contributed by atoms with Gasteiger partial charge in [0.1, 0.15) is 6.04 Å². The largest absolute Gasteiger partial charge is 0.341 e. The van der Waals surface area contributed by atoms with Gasteiger partial charge in [-0.25, -0.2) is 13.1 Å². The maximum absolute atomic E-state index is 12.9. The molecule has 0 spiro atoms. The van der Waals surface area contributed by atoms with Gasteiger partial charge in [0.2, 0.25) is 15.9 Å². The van der Waals surface area contributed by atoms with Crippen molar-refractivity contribution in [3.8, 4) is 0 Å². The van der Waals surface area contributed by atoms with E-state index in [1.54, 1.807) is 4.90 Å². The summed E-state index contributed by atoms with van der Waals surface area (Å²) in [4.78, 5) is 14.7. The maximum atomic E-state index is 12.9. The van der Waals surface area contributed by atoms with Crippen molar-refractivity contribution in [3.63, 3.8) is 0 Å². The molecule has 3 rings (SSSR count). The number of benzene rings is 2. The number of carbonyl (C=O) groups is 1. The van der Waals surface area contributed by atoms with Gasteiger partial charge in [0, 0.05) is 13.1 Å². The van der Waals surface area contributed by atoms with Gasteiger partial charge in [0.25, 0.3) is 0 Å². The molecule has 0 unspecified atom stereocenters. The Kier molecular flexibility index (Phi) is 6.29. The first-order valence-electron chi connectivity index (χ1n) is 9.32. The Hall–Kier alpha value is -2.18. The van der Waals surface area contributed by atoms with Gasteiger partial charge in [0.15, 0.2) is 0 Å². The smallest absolute Gasteiger partial charge is 0.241 e. The average molecular weight is 387 g/mol. The van der Waals surface area contributed by atoms with Crippen molar-refractivity contribution in [2.24, 2.45) is 0 Å². The van der Waals surface area contributed by atoms with Crippen molar-refractivity contribution in [2.45, 2.75) is 38.0 Å². The molecule has 144 valence electrons. The Labute approximate surface area is 161 Å². The van der Waals surface area contributed by atoms with Crippen LogP contribution >= 0.6 is 0 Å². The first kappa shape index (κ1) is 19.6. The molecular formula is C21H26N2O3S. The normalized spacial score (nSPS) is 15.7. The molecule has 1 heterocycles. The van der Waals surface area contributed by atoms with Crippen LogP contribution in [0.5, 0.6) is 0 Å². The van der Waals surface area contributed by atoms with Crippen LogP contribution in [0.2, 0.25) is 0 Å². The van der Waals surface area contributed by atoms with Gasteiger partial charge in [-0.1, -0.05) is 54.6 Å². The third kappa shape index (κ3) is 5.40. The Morgan fingerprint density at radius 2 is 1.67 bits per heavy atom. The van der Waals surface area contributed by atoms with Crippen molar-refractivity contribution in [3.05, 3.63) is 71.3 Å². The van der Waals surface area contributed by atoms with Crippen LogP contribution in [-0.4, -0.2) is 38.4 Å². The highest BCUT2D eigenvalue weighted by molar-refractivity contribution is 7.88. The van der Waals surface area contributed by atoms with Gasteiger partial charge in [0.05, 0.1) is 5.75 Å². The lowest BCUT2D eigenvalue weighted by Crippen LogP contribution is -2.49. The fourth-order valence-corrected chi connectivity index (χ4v) is 4.86. The summed E-state index contributed by atoms with van der Waals surface area (Å²) in [7, 11) is -3.65. The number of nitrogens with zero attached hydrogens (tertiary/aromatic N) is 1.